The van der Waals surface area contributed by atoms with Gasteiger partial charge >= 0.3 is 0 Å². The van der Waals surface area contributed by atoms with Gasteiger partial charge < -0.3 is 10.1 Å². The summed E-state index contributed by atoms with van der Waals surface area (Å²) in [6.45, 7) is 1.73. The van der Waals surface area contributed by atoms with Gasteiger partial charge in [0, 0.05) is 5.69 Å². The molecular formula is C17H20N2O4S. The Morgan fingerprint density at radius 2 is 1.83 bits per heavy atom. The Morgan fingerprint density at radius 3 is 2.50 bits per heavy atom. The van der Waals surface area contributed by atoms with Crippen LogP contribution >= 0.6 is 0 Å². The van der Waals surface area contributed by atoms with Gasteiger partial charge in [-0.15, -0.1) is 0 Å². The van der Waals surface area contributed by atoms with E-state index in [1.54, 1.807) is 30.3 Å². The Kier molecular flexibility index (Phi) is 5.81. The Hall–Kier alpha value is -2.54. The molecule has 2 N–H and O–H groups in total. The summed E-state index contributed by atoms with van der Waals surface area (Å²) in [5.74, 6) is 0.368. The van der Waals surface area contributed by atoms with E-state index in [9.17, 15) is 13.2 Å². The molecule has 128 valence electrons. The van der Waals surface area contributed by atoms with Gasteiger partial charge in [0.1, 0.15) is 5.75 Å². The van der Waals surface area contributed by atoms with Gasteiger partial charge in [0.15, 0.2) is 6.61 Å². The number of nitrogens with one attached hydrogen (secondary N) is 2. The molecular weight excluding hydrogens is 328 g/mol. The molecule has 24 heavy (non-hydrogen) atoms. The van der Waals surface area contributed by atoms with Crippen LogP contribution in [0.3, 0.4) is 0 Å². The van der Waals surface area contributed by atoms with Gasteiger partial charge in [-0.2, -0.15) is 0 Å². The van der Waals surface area contributed by atoms with Crippen molar-refractivity contribution in [1.29, 1.82) is 0 Å². The Labute approximate surface area is 141 Å². The van der Waals surface area contributed by atoms with Crippen LogP contribution in [-0.4, -0.2) is 27.2 Å². The largest absolute Gasteiger partial charge is 0.484 e. The minimum absolute atomic E-state index is 0.0877. The van der Waals surface area contributed by atoms with E-state index >= 15 is 0 Å². The number of hydrogen-bond acceptors (Lipinski definition) is 4. The smallest absolute Gasteiger partial charge is 0.258 e. The highest BCUT2D eigenvalue weighted by atomic mass is 32.2. The number of hydrogen-bond donors (Lipinski definition) is 2. The van der Waals surface area contributed by atoms with E-state index in [0.29, 0.717) is 11.4 Å². The topological polar surface area (TPSA) is 84.5 Å². The molecule has 7 heteroatoms. The summed E-state index contributed by atoms with van der Waals surface area (Å²) in [5, 5.41) is 2.82. The summed E-state index contributed by atoms with van der Waals surface area (Å²) in [7, 11) is -3.34. The molecule has 1 amide bonds. The highest BCUT2D eigenvalue weighted by molar-refractivity contribution is 7.92. The second kappa shape index (κ2) is 7.83. The van der Waals surface area contributed by atoms with Crippen LogP contribution in [0.15, 0.2) is 54.6 Å². The summed E-state index contributed by atoms with van der Waals surface area (Å²) in [5.41, 5.74) is 1.24. The van der Waals surface area contributed by atoms with Crippen molar-refractivity contribution < 1.29 is 17.9 Å². The standard InChI is InChI=1S/C17H20N2O4S/c1-13(14-7-6-8-15(11-14)19-24(2,21)22)18-17(20)12-23-16-9-4-3-5-10-16/h3-11,13,19H,12H2,1-2H3,(H,18,20)/t13-/m1/s1. The van der Waals surface area contributed by atoms with Gasteiger partial charge in [-0.05, 0) is 36.8 Å². The van der Waals surface area contributed by atoms with Gasteiger partial charge in [0.2, 0.25) is 10.0 Å². The zero-order valence-electron chi connectivity index (χ0n) is 13.5. The van der Waals surface area contributed by atoms with Crippen LogP contribution in [0, 0.1) is 0 Å². The highest BCUT2D eigenvalue weighted by Crippen LogP contribution is 2.18. The van der Waals surface area contributed by atoms with Crippen molar-refractivity contribution in [2.75, 3.05) is 17.6 Å². The number of benzene rings is 2. The second-order valence-electron chi connectivity index (χ2n) is 5.39. The van der Waals surface area contributed by atoms with Gasteiger partial charge in [-0.25, -0.2) is 8.42 Å². The zero-order valence-corrected chi connectivity index (χ0v) is 14.3. The van der Waals surface area contributed by atoms with Crippen molar-refractivity contribution in [3.8, 4) is 5.75 Å². The fourth-order valence-corrected chi connectivity index (χ4v) is 2.67. The third kappa shape index (κ3) is 5.92. The predicted molar refractivity (Wildman–Crippen MR) is 93.4 cm³/mol. The minimum Gasteiger partial charge on any atom is -0.484 e. The van der Waals surface area contributed by atoms with Crippen molar-refractivity contribution in [1.82, 2.24) is 5.32 Å². The number of para-hydroxylation sites is 1. The first-order valence-corrected chi connectivity index (χ1v) is 9.27. The molecule has 0 aliphatic rings. The minimum atomic E-state index is -3.34. The zero-order chi connectivity index (χ0) is 17.6. The number of rotatable bonds is 7. The third-order valence-corrected chi connectivity index (χ3v) is 3.79. The number of anilines is 1. The SMILES string of the molecule is C[C@@H](NC(=O)COc1ccccc1)c1cccc(NS(C)(=O)=O)c1. The maximum Gasteiger partial charge on any atom is 0.258 e. The lowest BCUT2D eigenvalue weighted by Gasteiger charge is -2.16. The molecule has 6 nitrogen and oxygen atoms in total. The average molecular weight is 348 g/mol. The monoisotopic (exact) mass is 348 g/mol. The van der Waals surface area contributed by atoms with Gasteiger partial charge in [0.25, 0.3) is 5.91 Å². The lowest BCUT2D eigenvalue weighted by molar-refractivity contribution is -0.123. The van der Waals surface area contributed by atoms with Crippen LogP contribution in [0.5, 0.6) is 5.75 Å². The van der Waals surface area contributed by atoms with Crippen LogP contribution in [0.4, 0.5) is 5.69 Å². The molecule has 0 aromatic heterocycles. The lowest BCUT2D eigenvalue weighted by Crippen LogP contribution is -2.31. The van der Waals surface area contributed by atoms with E-state index < -0.39 is 10.0 Å². The molecule has 0 saturated heterocycles. The number of carbonyl (C=O) groups is 1. The third-order valence-electron chi connectivity index (χ3n) is 3.18. The number of amides is 1. The predicted octanol–water partition coefficient (Wildman–Crippen LogP) is 2.31. The first-order valence-electron chi connectivity index (χ1n) is 7.38. The fourth-order valence-electron chi connectivity index (χ4n) is 2.12. The molecule has 0 spiro atoms. The molecule has 2 aromatic carbocycles. The van der Waals surface area contributed by atoms with Crippen molar-refractivity contribution >= 4 is 21.6 Å². The number of sulfonamides is 1. The quantitative estimate of drug-likeness (QED) is 0.804. The first kappa shape index (κ1) is 17.8. The summed E-state index contributed by atoms with van der Waals surface area (Å²) in [4.78, 5) is 12.0. The van der Waals surface area contributed by atoms with E-state index in [0.717, 1.165) is 11.8 Å². The summed E-state index contributed by atoms with van der Waals surface area (Å²) >= 11 is 0. The Morgan fingerprint density at radius 1 is 1.12 bits per heavy atom. The van der Waals surface area contributed by atoms with Crippen molar-refractivity contribution in [3.05, 3.63) is 60.2 Å². The van der Waals surface area contributed by atoms with Gasteiger partial charge in [-0.3, -0.25) is 9.52 Å². The van der Waals surface area contributed by atoms with Crippen LogP contribution in [0.2, 0.25) is 0 Å². The average Bonchev–Trinajstić information content (AvgIpc) is 2.52. The maximum atomic E-state index is 12.0. The molecule has 0 radical (unpaired) electrons. The first-order chi connectivity index (χ1) is 11.3. The van der Waals surface area contributed by atoms with E-state index in [-0.39, 0.29) is 18.6 Å². The summed E-state index contributed by atoms with van der Waals surface area (Å²) < 4.78 is 30.4. The molecule has 0 aliphatic carbocycles. The van der Waals surface area contributed by atoms with E-state index in [1.165, 1.54) is 0 Å². The van der Waals surface area contributed by atoms with Crippen molar-refractivity contribution in [2.45, 2.75) is 13.0 Å². The van der Waals surface area contributed by atoms with E-state index in [4.69, 9.17) is 4.74 Å². The van der Waals surface area contributed by atoms with Crippen LogP contribution in [0.1, 0.15) is 18.5 Å². The Bertz CT molecular complexity index is 791. The fraction of sp³-hybridized carbons (Fsp3) is 0.235. The van der Waals surface area contributed by atoms with Crippen molar-refractivity contribution in [2.24, 2.45) is 0 Å². The van der Waals surface area contributed by atoms with Gasteiger partial charge in [-0.1, -0.05) is 30.3 Å². The molecule has 0 aliphatic heterocycles. The second-order valence-corrected chi connectivity index (χ2v) is 7.14. The highest BCUT2D eigenvalue weighted by Gasteiger charge is 2.11. The van der Waals surface area contributed by atoms with Crippen LogP contribution < -0.4 is 14.8 Å². The van der Waals surface area contributed by atoms with Crippen LogP contribution in [-0.2, 0) is 14.8 Å². The van der Waals surface area contributed by atoms with Gasteiger partial charge in [0.05, 0.1) is 12.3 Å². The Balaban J connectivity index is 1.93. The molecule has 2 aromatic rings. The van der Waals surface area contributed by atoms with E-state index in [2.05, 4.69) is 10.0 Å². The molecule has 2 rings (SSSR count). The molecule has 0 heterocycles. The molecule has 0 bridgehead atoms. The number of ether oxygens (including phenoxy) is 1. The van der Waals surface area contributed by atoms with E-state index in [1.807, 2.05) is 31.2 Å². The summed E-state index contributed by atoms with van der Waals surface area (Å²) in [6, 6.07) is 15.7. The number of carbonyl (C=O) groups excluding carboxylic acids is 1. The summed E-state index contributed by atoms with van der Waals surface area (Å²) in [6.07, 6.45) is 1.09. The van der Waals surface area contributed by atoms with Crippen LogP contribution in [0.25, 0.3) is 0 Å². The molecule has 0 unspecified atom stereocenters. The molecule has 0 fully saturated rings. The van der Waals surface area contributed by atoms with Crippen molar-refractivity contribution in [3.63, 3.8) is 0 Å². The molecule has 1 atom stereocenters. The lowest BCUT2D eigenvalue weighted by atomic mass is 10.1. The normalized spacial score (nSPS) is 12.2. The molecule has 0 saturated carbocycles. The maximum absolute atomic E-state index is 12.0.